The summed E-state index contributed by atoms with van der Waals surface area (Å²) in [6, 6.07) is 9.19. The molecule has 8 heteroatoms. The van der Waals surface area contributed by atoms with Crippen molar-refractivity contribution < 1.29 is 19.7 Å². The lowest BCUT2D eigenvalue weighted by Gasteiger charge is -2.64. The van der Waals surface area contributed by atoms with Crippen molar-refractivity contribution in [3.63, 3.8) is 0 Å². The Morgan fingerprint density at radius 3 is 2.92 bits per heavy atom. The number of aliphatic hydroxyl groups is 1. The highest BCUT2D eigenvalue weighted by Gasteiger charge is 2.73. The largest absolute Gasteiger partial charge is 0.504 e. The lowest BCUT2D eigenvalue weighted by molar-refractivity contribution is -0.191. The number of piperidine rings is 1. The maximum absolute atomic E-state index is 13.6. The Hall–Kier alpha value is -2.55. The molecule has 37 heavy (non-hydrogen) atoms. The fourth-order valence-corrected chi connectivity index (χ4v) is 8.63. The van der Waals surface area contributed by atoms with Gasteiger partial charge in [0.1, 0.15) is 6.10 Å². The van der Waals surface area contributed by atoms with E-state index in [1.807, 2.05) is 30.5 Å². The molecule has 3 fully saturated rings. The first-order valence-corrected chi connectivity index (χ1v) is 14.2. The Morgan fingerprint density at radius 2 is 2.08 bits per heavy atom. The molecule has 0 radical (unpaired) electrons. The molecule has 0 unspecified atom stereocenters. The third-order valence-electron chi connectivity index (χ3n) is 9.99. The number of carbonyl (C=O) groups is 1. The van der Waals surface area contributed by atoms with Crippen molar-refractivity contribution in [2.24, 2.45) is 5.92 Å². The van der Waals surface area contributed by atoms with Crippen LogP contribution in [-0.2, 0) is 11.8 Å². The summed E-state index contributed by atoms with van der Waals surface area (Å²) in [5.41, 5.74) is 1.93. The number of benzene rings is 2. The summed E-state index contributed by atoms with van der Waals surface area (Å²) >= 11 is 3.55. The number of hydrogen-bond donors (Lipinski definition) is 4. The normalized spacial score (nSPS) is 33.7. The molecule has 2 bridgehead atoms. The number of aromatic hydroxyl groups is 1. The van der Waals surface area contributed by atoms with Gasteiger partial charge >= 0.3 is 0 Å². The number of aromatic amines is 1. The van der Waals surface area contributed by atoms with E-state index >= 15 is 0 Å². The molecule has 5 aliphatic rings. The Kier molecular flexibility index (Phi) is 4.56. The molecular weight excluding hydrogens is 534 g/mol. The zero-order valence-corrected chi connectivity index (χ0v) is 22.1. The van der Waals surface area contributed by atoms with Crippen molar-refractivity contribution in [1.82, 2.24) is 15.2 Å². The second-order valence-electron chi connectivity index (χ2n) is 11.8. The molecule has 2 aromatic carbocycles. The first kappa shape index (κ1) is 22.4. The van der Waals surface area contributed by atoms with Gasteiger partial charge in [0.15, 0.2) is 11.5 Å². The fourth-order valence-electron chi connectivity index (χ4n) is 8.18. The quantitative estimate of drug-likeness (QED) is 0.384. The van der Waals surface area contributed by atoms with Crippen LogP contribution in [0.4, 0.5) is 0 Å². The second kappa shape index (κ2) is 7.52. The summed E-state index contributed by atoms with van der Waals surface area (Å²) in [5.74, 6) is 1.21. The zero-order chi connectivity index (χ0) is 25.1. The molecule has 8 rings (SSSR count). The Labute approximate surface area is 223 Å². The Bertz CT molecular complexity index is 1470. The van der Waals surface area contributed by atoms with E-state index in [1.165, 1.54) is 18.4 Å². The molecule has 1 amide bonds. The number of carbonyl (C=O) groups excluding carboxylic acids is 1. The van der Waals surface area contributed by atoms with Crippen LogP contribution in [0.25, 0.3) is 10.9 Å². The smallest absolute Gasteiger partial charge is 0.253 e. The van der Waals surface area contributed by atoms with Gasteiger partial charge in [0.2, 0.25) is 0 Å². The third kappa shape index (κ3) is 2.87. The van der Waals surface area contributed by atoms with Gasteiger partial charge in [-0.15, -0.1) is 0 Å². The van der Waals surface area contributed by atoms with Crippen LogP contribution in [-0.4, -0.2) is 62.9 Å². The van der Waals surface area contributed by atoms with E-state index in [2.05, 4.69) is 31.1 Å². The first-order chi connectivity index (χ1) is 17.9. The molecule has 2 saturated carbocycles. The average molecular weight is 564 g/mol. The van der Waals surface area contributed by atoms with Crippen molar-refractivity contribution in [3.8, 4) is 11.5 Å². The van der Waals surface area contributed by atoms with Gasteiger partial charge in [0.25, 0.3) is 5.91 Å². The van der Waals surface area contributed by atoms with Crippen LogP contribution in [0.5, 0.6) is 11.5 Å². The number of likely N-dealkylation sites (tertiary alicyclic amines) is 1. The van der Waals surface area contributed by atoms with Crippen LogP contribution in [0.2, 0.25) is 0 Å². The monoisotopic (exact) mass is 563 g/mol. The van der Waals surface area contributed by atoms with E-state index in [9.17, 15) is 15.0 Å². The van der Waals surface area contributed by atoms with Gasteiger partial charge in [-0.1, -0.05) is 18.2 Å². The molecule has 1 spiro atoms. The van der Waals surface area contributed by atoms with Crippen LogP contribution in [0.3, 0.4) is 0 Å². The number of nitrogens with one attached hydrogen (secondary N) is 2. The summed E-state index contributed by atoms with van der Waals surface area (Å²) in [6.45, 7) is 1.94. The highest BCUT2D eigenvalue weighted by Crippen LogP contribution is 2.65. The maximum Gasteiger partial charge on any atom is 0.253 e. The van der Waals surface area contributed by atoms with E-state index in [1.54, 1.807) is 6.07 Å². The maximum atomic E-state index is 13.6. The van der Waals surface area contributed by atoms with E-state index in [0.29, 0.717) is 24.2 Å². The predicted octanol–water partition coefficient (Wildman–Crippen LogP) is 4.00. The number of rotatable bonds is 4. The third-order valence-corrected chi connectivity index (χ3v) is 10.6. The minimum absolute atomic E-state index is 0.0256. The summed E-state index contributed by atoms with van der Waals surface area (Å²) < 4.78 is 7.50. The summed E-state index contributed by atoms with van der Waals surface area (Å²) in [4.78, 5) is 19.4. The minimum Gasteiger partial charge on any atom is -0.504 e. The van der Waals surface area contributed by atoms with Crippen molar-refractivity contribution in [3.05, 3.63) is 57.7 Å². The number of aromatic nitrogens is 1. The summed E-state index contributed by atoms with van der Waals surface area (Å²) in [5, 5.41) is 27.7. The molecule has 5 atom stereocenters. The number of nitrogens with zero attached hydrogens (tertiary/aromatic N) is 1. The van der Waals surface area contributed by atoms with E-state index in [4.69, 9.17) is 4.74 Å². The number of fused-ring (bicyclic) bond motifs is 1. The van der Waals surface area contributed by atoms with Crippen molar-refractivity contribution >= 4 is 32.7 Å². The number of para-hydroxylation sites is 1. The van der Waals surface area contributed by atoms with Crippen molar-refractivity contribution in [2.75, 3.05) is 13.1 Å². The predicted molar refractivity (Wildman–Crippen MR) is 142 cm³/mol. The Balaban J connectivity index is 1.20. The highest BCUT2D eigenvalue weighted by molar-refractivity contribution is 9.10. The fraction of sp³-hybridized carbons (Fsp3) is 0.483. The van der Waals surface area contributed by atoms with Crippen LogP contribution >= 0.6 is 15.9 Å². The summed E-state index contributed by atoms with van der Waals surface area (Å²) in [6.07, 6.45) is 6.72. The molecule has 3 heterocycles. The topological polar surface area (TPSA) is 97.8 Å². The molecule has 3 aromatic rings. The first-order valence-electron chi connectivity index (χ1n) is 13.5. The van der Waals surface area contributed by atoms with Crippen LogP contribution in [0.15, 0.2) is 41.0 Å². The average Bonchev–Trinajstić information content (AvgIpc) is 3.52. The van der Waals surface area contributed by atoms with Gasteiger partial charge in [-0.3, -0.25) is 9.69 Å². The SMILES string of the molecule is O=C(N[C@@H]1CC[C@@]2(O)[C@H]3Cc4ccc(O)c5c4[C@@]2(CCN3CC2CC2)[C@H]1O5)c1cccc2c(Br)c[nH]c12. The van der Waals surface area contributed by atoms with Gasteiger partial charge in [0, 0.05) is 34.2 Å². The molecule has 3 aliphatic carbocycles. The van der Waals surface area contributed by atoms with Gasteiger partial charge in [-0.05, 0) is 84.6 Å². The van der Waals surface area contributed by atoms with Gasteiger partial charge < -0.3 is 25.3 Å². The van der Waals surface area contributed by atoms with Gasteiger partial charge in [-0.25, -0.2) is 0 Å². The number of phenols is 1. The molecular formula is C29H30BrN3O4. The van der Waals surface area contributed by atoms with E-state index in [-0.39, 0.29) is 23.7 Å². The van der Waals surface area contributed by atoms with Gasteiger partial charge in [-0.2, -0.15) is 0 Å². The van der Waals surface area contributed by atoms with E-state index < -0.39 is 17.1 Å². The number of halogens is 1. The van der Waals surface area contributed by atoms with Crippen LogP contribution < -0.4 is 10.1 Å². The standard InChI is InChI=1S/C29H30BrN3O4/c30-19-13-31-24-17(19)2-1-3-18(24)27(35)32-20-8-9-29(36)22-12-16-6-7-21(34)25-23(16)28(29,26(20)37-25)10-11-33(22)14-15-4-5-15/h1-3,6-7,13,15,20,22,26,31,34,36H,4-5,8-12,14H2,(H,32,35)/t20-,22-,26+,28+,29-/m1/s1. The molecule has 1 saturated heterocycles. The molecule has 7 nitrogen and oxygen atoms in total. The number of ether oxygens (including phenoxy) is 1. The summed E-state index contributed by atoms with van der Waals surface area (Å²) in [7, 11) is 0. The molecule has 2 aliphatic heterocycles. The minimum atomic E-state index is -0.956. The van der Waals surface area contributed by atoms with Crippen molar-refractivity contribution in [1.29, 1.82) is 0 Å². The number of phenolic OH excluding ortho intramolecular Hbond substituents is 1. The van der Waals surface area contributed by atoms with E-state index in [0.717, 1.165) is 52.8 Å². The second-order valence-corrected chi connectivity index (χ2v) is 12.6. The number of hydrogen-bond acceptors (Lipinski definition) is 5. The Morgan fingerprint density at radius 1 is 1.22 bits per heavy atom. The zero-order valence-electron chi connectivity index (χ0n) is 20.5. The molecule has 1 aromatic heterocycles. The number of amides is 1. The van der Waals surface area contributed by atoms with Crippen LogP contribution in [0.1, 0.15) is 53.6 Å². The highest BCUT2D eigenvalue weighted by atomic mass is 79.9. The molecule has 4 N–H and O–H groups in total. The lowest BCUT2D eigenvalue weighted by Crippen LogP contribution is -2.78. The van der Waals surface area contributed by atoms with Gasteiger partial charge in [0.05, 0.1) is 28.1 Å². The number of H-pyrrole nitrogens is 1. The van der Waals surface area contributed by atoms with Crippen molar-refractivity contribution in [2.45, 2.75) is 67.7 Å². The van der Waals surface area contributed by atoms with Crippen LogP contribution in [0, 0.1) is 5.92 Å². The molecule has 192 valence electrons. The lowest BCUT2D eigenvalue weighted by atomic mass is 9.48.